The van der Waals surface area contributed by atoms with Crippen LogP contribution in [0.25, 0.3) is 0 Å². The largest absolute Gasteiger partial charge is 0.356 e. The minimum absolute atomic E-state index is 0.0215. The number of sulfonamides is 1. The maximum absolute atomic E-state index is 13.3. The van der Waals surface area contributed by atoms with Crippen molar-refractivity contribution in [3.05, 3.63) is 46.1 Å². The summed E-state index contributed by atoms with van der Waals surface area (Å²) in [5.74, 6) is 1.16. The maximum atomic E-state index is 13.3. The van der Waals surface area contributed by atoms with Crippen molar-refractivity contribution in [2.75, 3.05) is 18.0 Å². The summed E-state index contributed by atoms with van der Waals surface area (Å²) in [6, 6.07) is 3.26. The van der Waals surface area contributed by atoms with E-state index in [1.54, 1.807) is 0 Å². The van der Waals surface area contributed by atoms with E-state index in [0.29, 0.717) is 12.8 Å². The van der Waals surface area contributed by atoms with Gasteiger partial charge in [-0.2, -0.15) is 0 Å². The molecule has 9 heteroatoms. The fraction of sp³-hybridized carbons (Fsp3) is 0.500. The Kier molecular flexibility index (Phi) is 5.77. The lowest BCUT2D eigenvalue weighted by atomic mass is 9.95. The van der Waals surface area contributed by atoms with Gasteiger partial charge in [0.25, 0.3) is 0 Å². The van der Waals surface area contributed by atoms with Crippen LogP contribution in [-0.2, 0) is 22.9 Å². The number of hydrogen-bond donors (Lipinski definition) is 1. The standard InChI is InChI=1S/C20H24ClFN4O2S/c1-13-23-19-5-3-2-4-16(19)20(24-13)26-10-8-14(9-11-26)25-29(27,28)15-6-7-18(22)17(21)12-15/h6-7,12,14,25H,2-5,8-11H2,1H3. The number of piperidine rings is 1. The number of hydrogen-bond acceptors (Lipinski definition) is 5. The predicted molar refractivity (Wildman–Crippen MR) is 110 cm³/mol. The van der Waals surface area contributed by atoms with Crippen LogP contribution in [0.1, 0.15) is 42.8 Å². The van der Waals surface area contributed by atoms with Crippen molar-refractivity contribution in [2.24, 2.45) is 0 Å². The molecule has 4 rings (SSSR count). The molecule has 1 aliphatic heterocycles. The highest BCUT2D eigenvalue weighted by Crippen LogP contribution is 2.30. The van der Waals surface area contributed by atoms with Gasteiger partial charge in [0.05, 0.1) is 9.92 Å². The second kappa shape index (κ2) is 8.16. The van der Waals surface area contributed by atoms with Crippen molar-refractivity contribution in [2.45, 2.75) is 56.4 Å². The third-order valence-electron chi connectivity index (χ3n) is 5.59. The summed E-state index contributed by atoms with van der Waals surface area (Å²) >= 11 is 5.73. The quantitative estimate of drug-likeness (QED) is 0.791. The Morgan fingerprint density at radius 3 is 2.62 bits per heavy atom. The summed E-state index contributed by atoms with van der Waals surface area (Å²) in [4.78, 5) is 11.5. The van der Waals surface area contributed by atoms with Gasteiger partial charge in [0.1, 0.15) is 17.5 Å². The second-order valence-electron chi connectivity index (χ2n) is 7.69. The van der Waals surface area contributed by atoms with Crippen LogP contribution in [0.2, 0.25) is 5.02 Å². The van der Waals surface area contributed by atoms with Crippen molar-refractivity contribution in [3.8, 4) is 0 Å². The third-order valence-corrected chi connectivity index (χ3v) is 7.40. The molecule has 0 spiro atoms. The van der Waals surface area contributed by atoms with Crippen LogP contribution in [0.3, 0.4) is 0 Å². The van der Waals surface area contributed by atoms with Crippen LogP contribution in [-0.4, -0.2) is 37.5 Å². The fourth-order valence-corrected chi connectivity index (χ4v) is 5.67. The average Bonchev–Trinajstić information content (AvgIpc) is 2.69. The highest BCUT2D eigenvalue weighted by atomic mass is 35.5. The number of aryl methyl sites for hydroxylation is 2. The van der Waals surface area contributed by atoms with Gasteiger partial charge in [-0.25, -0.2) is 27.5 Å². The first kappa shape index (κ1) is 20.5. The Labute approximate surface area is 175 Å². The van der Waals surface area contributed by atoms with Crippen LogP contribution >= 0.6 is 11.6 Å². The summed E-state index contributed by atoms with van der Waals surface area (Å²) in [6.07, 6.45) is 5.67. The van der Waals surface area contributed by atoms with Crippen LogP contribution in [0.15, 0.2) is 23.1 Å². The van der Waals surface area contributed by atoms with Crippen molar-refractivity contribution < 1.29 is 12.8 Å². The van der Waals surface area contributed by atoms with Gasteiger partial charge < -0.3 is 4.90 Å². The minimum Gasteiger partial charge on any atom is -0.356 e. The van der Waals surface area contributed by atoms with Gasteiger partial charge in [-0.15, -0.1) is 0 Å². The molecule has 29 heavy (non-hydrogen) atoms. The van der Waals surface area contributed by atoms with Gasteiger partial charge in [0, 0.05) is 30.4 Å². The van der Waals surface area contributed by atoms with Gasteiger partial charge in [0.15, 0.2) is 0 Å². The van der Waals surface area contributed by atoms with E-state index in [1.165, 1.54) is 18.1 Å². The van der Waals surface area contributed by atoms with Crippen molar-refractivity contribution >= 4 is 27.4 Å². The molecule has 1 fully saturated rings. The molecule has 0 amide bonds. The van der Waals surface area contributed by atoms with Crippen molar-refractivity contribution in [1.82, 2.24) is 14.7 Å². The van der Waals surface area contributed by atoms with Crippen molar-refractivity contribution in [3.63, 3.8) is 0 Å². The SMILES string of the molecule is Cc1nc2c(c(N3CCC(NS(=O)(=O)c4ccc(F)c(Cl)c4)CC3)n1)CCCC2. The summed E-state index contributed by atoms with van der Waals surface area (Å²) in [7, 11) is -3.75. The molecular formula is C20H24ClFN4O2S. The summed E-state index contributed by atoms with van der Waals surface area (Å²) in [6.45, 7) is 3.37. The molecule has 1 aromatic heterocycles. The Bertz CT molecular complexity index is 1020. The van der Waals surface area contributed by atoms with E-state index < -0.39 is 15.8 Å². The molecule has 0 saturated carbocycles. The van der Waals surface area contributed by atoms with Gasteiger partial charge in [-0.1, -0.05) is 11.6 Å². The second-order valence-corrected chi connectivity index (χ2v) is 9.81. The van der Waals surface area contributed by atoms with E-state index >= 15 is 0 Å². The fourth-order valence-electron chi connectivity index (χ4n) is 4.10. The van der Waals surface area contributed by atoms with E-state index in [9.17, 15) is 12.8 Å². The monoisotopic (exact) mass is 438 g/mol. The van der Waals surface area contributed by atoms with Crippen LogP contribution < -0.4 is 9.62 Å². The van der Waals surface area contributed by atoms with E-state index in [4.69, 9.17) is 16.6 Å². The highest BCUT2D eigenvalue weighted by Gasteiger charge is 2.28. The number of anilines is 1. The Morgan fingerprint density at radius 2 is 1.90 bits per heavy atom. The van der Waals surface area contributed by atoms with E-state index in [1.807, 2.05) is 6.92 Å². The van der Waals surface area contributed by atoms with Gasteiger partial charge >= 0.3 is 0 Å². The number of fused-ring (bicyclic) bond motifs is 1. The smallest absolute Gasteiger partial charge is 0.240 e. The van der Waals surface area contributed by atoms with Crippen LogP contribution in [0, 0.1) is 12.7 Å². The molecule has 2 heterocycles. The molecule has 0 unspecified atom stereocenters. The molecule has 1 N–H and O–H groups in total. The number of rotatable bonds is 4. The molecular weight excluding hydrogens is 415 g/mol. The van der Waals surface area contributed by atoms with E-state index in [2.05, 4.69) is 14.6 Å². The normalized spacial score (nSPS) is 18.0. The number of aromatic nitrogens is 2. The lowest BCUT2D eigenvalue weighted by Crippen LogP contribution is -2.45. The Morgan fingerprint density at radius 1 is 1.17 bits per heavy atom. The zero-order valence-electron chi connectivity index (χ0n) is 16.3. The summed E-state index contributed by atoms with van der Waals surface area (Å²) < 4.78 is 41.3. The number of benzene rings is 1. The maximum Gasteiger partial charge on any atom is 0.240 e. The van der Waals surface area contributed by atoms with Crippen LogP contribution in [0.5, 0.6) is 0 Å². The molecule has 1 saturated heterocycles. The molecule has 0 atom stereocenters. The van der Waals surface area contributed by atoms with Crippen molar-refractivity contribution in [1.29, 1.82) is 0 Å². The number of nitrogens with one attached hydrogen (secondary N) is 1. The molecule has 156 valence electrons. The Balaban J connectivity index is 1.45. The van der Waals surface area contributed by atoms with Gasteiger partial charge in [-0.3, -0.25) is 0 Å². The number of halogens is 2. The highest BCUT2D eigenvalue weighted by molar-refractivity contribution is 7.89. The molecule has 1 aliphatic carbocycles. The number of nitrogens with zero attached hydrogens (tertiary/aromatic N) is 3. The lowest BCUT2D eigenvalue weighted by molar-refractivity contribution is 0.456. The van der Waals surface area contributed by atoms with Gasteiger partial charge in [0.2, 0.25) is 10.0 Å². The van der Waals surface area contributed by atoms with E-state index in [0.717, 1.165) is 61.8 Å². The van der Waals surface area contributed by atoms with Crippen LogP contribution in [0.4, 0.5) is 10.2 Å². The third kappa shape index (κ3) is 4.39. The molecule has 2 aliphatic rings. The predicted octanol–water partition coefficient (Wildman–Crippen LogP) is 3.40. The molecule has 1 aromatic carbocycles. The van der Waals surface area contributed by atoms with E-state index in [-0.39, 0.29) is 16.0 Å². The average molecular weight is 439 g/mol. The molecule has 0 radical (unpaired) electrons. The van der Waals surface area contributed by atoms with Gasteiger partial charge in [-0.05, 0) is 63.6 Å². The Hall–Kier alpha value is -1.77. The minimum atomic E-state index is -3.75. The zero-order chi connectivity index (χ0) is 20.6. The first-order chi connectivity index (χ1) is 13.8. The summed E-state index contributed by atoms with van der Waals surface area (Å²) in [5.41, 5.74) is 2.41. The topological polar surface area (TPSA) is 75.2 Å². The first-order valence-electron chi connectivity index (χ1n) is 9.92. The lowest BCUT2D eigenvalue weighted by Gasteiger charge is -2.35. The molecule has 6 nitrogen and oxygen atoms in total. The zero-order valence-corrected chi connectivity index (χ0v) is 17.9. The summed E-state index contributed by atoms with van der Waals surface area (Å²) in [5, 5.41) is -0.202. The molecule has 2 aromatic rings. The first-order valence-corrected chi connectivity index (χ1v) is 11.8. The molecule has 0 bridgehead atoms.